The van der Waals surface area contributed by atoms with E-state index in [1.54, 1.807) is 4.90 Å². The smallest absolute Gasteiger partial charge is 0.321 e. The molecule has 2 aliphatic heterocycles. The van der Waals surface area contributed by atoms with E-state index in [0.717, 1.165) is 25.9 Å². The molecule has 1 aliphatic carbocycles. The number of rotatable bonds is 3. The summed E-state index contributed by atoms with van der Waals surface area (Å²) >= 11 is 5.77. The van der Waals surface area contributed by atoms with Crippen LogP contribution in [0.2, 0.25) is 5.02 Å². The topological polar surface area (TPSA) is 52.7 Å². The van der Waals surface area contributed by atoms with E-state index in [1.807, 2.05) is 4.90 Å². The molecule has 1 spiro atoms. The van der Waals surface area contributed by atoms with Gasteiger partial charge in [0, 0.05) is 31.9 Å². The van der Waals surface area contributed by atoms with E-state index in [2.05, 4.69) is 5.32 Å². The average molecular weight is 380 g/mol. The number of nitrogens with zero attached hydrogens (tertiary/aromatic N) is 2. The number of hydrogen-bond donors (Lipinski definition) is 1. The van der Waals surface area contributed by atoms with E-state index < -0.39 is 11.2 Å². The molecule has 2 saturated heterocycles. The lowest BCUT2D eigenvalue weighted by Gasteiger charge is -2.39. The molecule has 3 aliphatic rings. The van der Waals surface area contributed by atoms with Crippen LogP contribution in [0, 0.1) is 17.2 Å². The summed E-state index contributed by atoms with van der Waals surface area (Å²) in [6.07, 6.45) is 5.02. The Morgan fingerprint density at radius 3 is 2.85 bits per heavy atom. The van der Waals surface area contributed by atoms with Crippen LogP contribution in [0.25, 0.3) is 0 Å². The Morgan fingerprint density at radius 2 is 2.12 bits per heavy atom. The fraction of sp³-hybridized carbons (Fsp3) is 0.579. The van der Waals surface area contributed by atoms with Crippen LogP contribution in [0.15, 0.2) is 18.2 Å². The molecule has 1 saturated carbocycles. The molecule has 0 radical (unpaired) electrons. The SMILES string of the molecule is O=C(Nc1ccc(F)c(Cl)c1)N1CCC2(CCCN(CC3CC3)C2=O)C1. The summed E-state index contributed by atoms with van der Waals surface area (Å²) in [7, 11) is 0. The lowest BCUT2D eigenvalue weighted by Crippen LogP contribution is -2.51. The first-order valence-electron chi connectivity index (χ1n) is 9.27. The predicted octanol–water partition coefficient (Wildman–Crippen LogP) is 3.74. The second kappa shape index (κ2) is 6.72. The van der Waals surface area contributed by atoms with E-state index in [-0.39, 0.29) is 17.0 Å². The molecule has 0 bridgehead atoms. The van der Waals surface area contributed by atoms with Crippen molar-refractivity contribution in [2.45, 2.75) is 32.1 Å². The van der Waals surface area contributed by atoms with Crippen LogP contribution in [-0.2, 0) is 4.79 Å². The number of urea groups is 1. The molecule has 7 heteroatoms. The molecule has 3 fully saturated rings. The molecular formula is C19H23ClFN3O2. The zero-order valence-electron chi connectivity index (χ0n) is 14.6. The van der Waals surface area contributed by atoms with Gasteiger partial charge in [-0.3, -0.25) is 4.79 Å². The lowest BCUT2D eigenvalue weighted by atomic mass is 9.78. The fourth-order valence-corrected chi connectivity index (χ4v) is 4.32. The number of carbonyl (C=O) groups is 2. The van der Waals surface area contributed by atoms with Crippen molar-refractivity contribution in [1.29, 1.82) is 0 Å². The molecular weight excluding hydrogens is 357 g/mol. The number of carbonyl (C=O) groups excluding carboxylic acids is 2. The molecule has 26 heavy (non-hydrogen) atoms. The van der Waals surface area contributed by atoms with Crippen LogP contribution >= 0.6 is 11.6 Å². The van der Waals surface area contributed by atoms with Gasteiger partial charge in [-0.1, -0.05) is 11.6 Å². The van der Waals surface area contributed by atoms with Crippen LogP contribution < -0.4 is 5.32 Å². The van der Waals surface area contributed by atoms with E-state index in [4.69, 9.17) is 11.6 Å². The van der Waals surface area contributed by atoms with Crippen molar-refractivity contribution in [1.82, 2.24) is 9.80 Å². The molecule has 1 aromatic rings. The highest BCUT2D eigenvalue weighted by molar-refractivity contribution is 6.31. The van der Waals surface area contributed by atoms with Crippen molar-refractivity contribution in [3.8, 4) is 0 Å². The average Bonchev–Trinajstić information content (AvgIpc) is 3.33. The first-order chi connectivity index (χ1) is 12.5. The van der Waals surface area contributed by atoms with Gasteiger partial charge < -0.3 is 15.1 Å². The Bertz CT molecular complexity index is 739. The van der Waals surface area contributed by atoms with Gasteiger partial charge in [0.15, 0.2) is 0 Å². The summed E-state index contributed by atoms with van der Waals surface area (Å²) in [5.41, 5.74) is 0.0259. The minimum atomic E-state index is -0.520. The van der Waals surface area contributed by atoms with Gasteiger partial charge in [-0.25, -0.2) is 9.18 Å². The van der Waals surface area contributed by atoms with Crippen molar-refractivity contribution < 1.29 is 14.0 Å². The zero-order chi connectivity index (χ0) is 18.3. The molecule has 2 heterocycles. The van der Waals surface area contributed by atoms with Gasteiger partial charge in [-0.2, -0.15) is 0 Å². The molecule has 0 aromatic heterocycles. The molecule has 1 N–H and O–H groups in total. The van der Waals surface area contributed by atoms with E-state index in [1.165, 1.54) is 31.0 Å². The van der Waals surface area contributed by atoms with Crippen LogP contribution in [-0.4, -0.2) is 47.9 Å². The third-order valence-corrected chi connectivity index (χ3v) is 6.10. The summed E-state index contributed by atoms with van der Waals surface area (Å²) in [5, 5.41) is 2.72. The quantitative estimate of drug-likeness (QED) is 0.869. The van der Waals surface area contributed by atoms with Crippen LogP contribution in [0.3, 0.4) is 0 Å². The number of nitrogens with one attached hydrogen (secondary N) is 1. The van der Waals surface area contributed by atoms with Gasteiger partial charge in [-0.05, 0) is 56.2 Å². The standard InChI is InChI=1S/C19H23ClFN3O2/c20-15-10-14(4-5-16(15)21)22-18(26)24-9-7-19(12-24)6-1-8-23(17(19)25)11-13-2-3-13/h4-5,10,13H,1-3,6-9,11-12H2,(H,22,26). The van der Waals surface area contributed by atoms with E-state index in [0.29, 0.717) is 31.1 Å². The summed E-state index contributed by atoms with van der Waals surface area (Å²) in [6, 6.07) is 3.83. The second-order valence-electron chi connectivity index (χ2n) is 7.81. The number of benzene rings is 1. The summed E-state index contributed by atoms with van der Waals surface area (Å²) in [4.78, 5) is 29.3. The monoisotopic (exact) mass is 379 g/mol. The molecule has 5 nitrogen and oxygen atoms in total. The third-order valence-electron chi connectivity index (χ3n) is 5.81. The first-order valence-corrected chi connectivity index (χ1v) is 9.65. The number of hydrogen-bond acceptors (Lipinski definition) is 2. The highest BCUT2D eigenvalue weighted by Gasteiger charge is 2.49. The number of amides is 3. The van der Waals surface area contributed by atoms with Crippen molar-refractivity contribution in [2.75, 3.05) is 31.5 Å². The van der Waals surface area contributed by atoms with Gasteiger partial charge in [-0.15, -0.1) is 0 Å². The third kappa shape index (κ3) is 3.39. The van der Waals surface area contributed by atoms with E-state index >= 15 is 0 Å². The molecule has 140 valence electrons. The highest BCUT2D eigenvalue weighted by Crippen LogP contribution is 2.41. The summed E-state index contributed by atoms with van der Waals surface area (Å²) < 4.78 is 13.3. The fourth-order valence-electron chi connectivity index (χ4n) is 4.14. The number of piperidine rings is 1. The van der Waals surface area contributed by atoms with Crippen molar-refractivity contribution in [2.24, 2.45) is 11.3 Å². The summed E-state index contributed by atoms with van der Waals surface area (Å²) in [6.45, 7) is 2.73. The van der Waals surface area contributed by atoms with Crippen molar-refractivity contribution >= 4 is 29.2 Å². The van der Waals surface area contributed by atoms with Gasteiger partial charge in [0.1, 0.15) is 5.82 Å². The van der Waals surface area contributed by atoms with Crippen LogP contribution in [0.1, 0.15) is 32.1 Å². The molecule has 4 rings (SSSR count). The van der Waals surface area contributed by atoms with Gasteiger partial charge >= 0.3 is 6.03 Å². The number of halogens is 2. The largest absolute Gasteiger partial charge is 0.342 e. The van der Waals surface area contributed by atoms with Crippen molar-refractivity contribution in [3.63, 3.8) is 0 Å². The van der Waals surface area contributed by atoms with Gasteiger partial charge in [0.05, 0.1) is 10.4 Å². The predicted molar refractivity (Wildman–Crippen MR) is 97.6 cm³/mol. The Morgan fingerprint density at radius 1 is 1.31 bits per heavy atom. The summed E-state index contributed by atoms with van der Waals surface area (Å²) in [5.74, 6) is 0.377. The van der Waals surface area contributed by atoms with Crippen LogP contribution in [0.5, 0.6) is 0 Å². The van der Waals surface area contributed by atoms with Crippen molar-refractivity contribution in [3.05, 3.63) is 29.0 Å². The second-order valence-corrected chi connectivity index (χ2v) is 8.22. The molecule has 1 aromatic carbocycles. The van der Waals surface area contributed by atoms with Crippen LogP contribution in [0.4, 0.5) is 14.9 Å². The molecule has 1 atom stereocenters. The Labute approximate surface area is 157 Å². The lowest BCUT2D eigenvalue weighted by molar-refractivity contribution is -0.145. The number of anilines is 1. The first kappa shape index (κ1) is 17.6. The van der Waals surface area contributed by atoms with Gasteiger partial charge in [0.25, 0.3) is 0 Å². The molecule has 1 unspecified atom stereocenters. The Kier molecular flexibility index (Phi) is 4.55. The zero-order valence-corrected chi connectivity index (χ0v) is 15.4. The normalized spacial score (nSPS) is 25.8. The van der Waals surface area contributed by atoms with E-state index in [9.17, 15) is 14.0 Å². The maximum absolute atomic E-state index is 13.3. The maximum Gasteiger partial charge on any atom is 0.321 e. The van der Waals surface area contributed by atoms with Gasteiger partial charge in [0.2, 0.25) is 5.91 Å². The Balaban J connectivity index is 1.41. The highest BCUT2D eigenvalue weighted by atomic mass is 35.5. The minimum Gasteiger partial charge on any atom is -0.342 e. The minimum absolute atomic E-state index is 0.0288. The molecule has 3 amide bonds. The Hall–Kier alpha value is -1.82. The maximum atomic E-state index is 13.3. The number of likely N-dealkylation sites (tertiary alicyclic amines) is 2.